The van der Waals surface area contributed by atoms with Crippen LogP contribution in [0.5, 0.6) is 0 Å². The summed E-state index contributed by atoms with van der Waals surface area (Å²) in [4.78, 5) is 2.24. The van der Waals surface area contributed by atoms with Crippen molar-refractivity contribution in [2.24, 2.45) is 0 Å². The largest absolute Gasteiger partial charge is 0.377 e. The molecule has 0 saturated heterocycles. The maximum atomic E-state index is 5.49. The van der Waals surface area contributed by atoms with Crippen molar-refractivity contribution in [1.29, 1.82) is 0 Å². The van der Waals surface area contributed by atoms with Gasteiger partial charge in [0.15, 0.2) is 0 Å². The molecule has 0 rings (SSSR count). The second-order valence-electron chi connectivity index (χ2n) is 4.19. The molecule has 3 heteroatoms. The van der Waals surface area contributed by atoms with Gasteiger partial charge in [-0.15, -0.1) is 0 Å². The lowest BCUT2D eigenvalue weighted by molar-refractivity contribution is 0.0653. The van der Waals surface area contributed by atoms with Crippen molar-refractivity contribution in [2.75, 3.05) is 39.8 Å². The zero-order chi connectivity index (χ0) is 11.7. The van der Waals surface area contributed by atoms with E-state index in [4.69, 9.17) is 4.74 Å². The van der Waals surface area contributed by atoms with Crippen LogP contribution in [0.2, 0.25) is 0 Å². The van der Waals surface area contributed by atoms with Gasteiger partial charge in [-0.1, -0.05) is 13.5 Å². The van der Waals surface area contributed by atoms with Gasteiger partial charge in [0, 0.05) is 19.6 Å². The third-order valence-electron chi connectivity index (χ3n) is 2.04. The SMILES string of the molecule is C=C(CNCC)CN(C)CCOC(C)C. The molecule has 15 heavy (non-hydrogen) atoms. The first-order valence-corrected chi connectivity index (χ1v) is 5.73. The fraction of sp³-hybridized carbons (Fsp3) is 0.833. The van der Waals surface area contributed by atoms with Crippen LogP contribution < -0.4 is 5.32 Å². The first-order valence-electron chi connectivity index (χ1n) is 5.73. The van der Waals surface area contributed by atoms with Crippen molar-refractivity contribution in [2.45, 2.75) is 26.9 Å². The molecule has 0 atom stereocenters. The third-order valence-corrected chi connectivity index (χ3v) is 2.04. The van der Waals surface area contributed by atoms with Crippen LogP contribution in [0.15, 0.2) is 12.2 Å². The van der Waals surface area contributed by atoms with E-state index in [9.17, 15) is 0 Å². The van der Waals surface area contributed by atoms with E-state index in [0.717, 1.165) is 32.8 Å². The Kier molecular flexibility index (Phi) is 8.67. The van der Waals surface area contributed by atoms with Crippen LogP contribution in [0.4, 0.5) is 0 Å². The number of ether oxygens (including phenoxy) is 1. The summed E-state index contributed by atoms with van der Waals surface area (Å²) >= 11 is 0. The van der Waals surface area contributed by atoms with E-state index in [1.807, 2.05) is 0 Å². The van der Waals surface area contributed by atoms with Crippen LogP contribution in [-0.2, 0) is 4.74 Å². The molecule has 0 aliphatic carbocycles. The van der Waals surface area contributed by atoms with E-state index >= 15 is 0 Å². The Morgan fingerprint density at radius 1 is 1.47 bits per heavy atom. The van der Waals surface area contributed by atoms with Crippen LogP contribution in [0.1, 0.15) is 20.8 Å². The molecule has 3 nitrogen and oxygen atoms in total. The zero-order valence-corrected chi connectivity index (χ0v) is 10.7. The molecule has 0 heterocycles. The molecule has 0 aliphatic rings. The summed E-state index contributed by atoms with van der Waals surface area (Å²) in [5.41, 5.74) is 1.23. The highest BCUT2D eigenvalue weighted by Crippen LogP contribution is 1.94. The smallest absolute Gasteiger partial charge is 0.0596 e. The molecule has 0 unspecified atom stereocenters. The maximum absolute atomic E-state index is 5.49. The summed E-state index contributed by atoms with van der Waals surface area (Å²) in [7, 11) is 2.10. The number of rotatable bonds is 9. The third kappa shape index (κ3) is 9.91. The fourth-order valence-corrected chi connectivity index (χ4v) is 1.26. The van der Waals surface area contributed by atoms with Crippen molar-refractivity contribution in [3.8, 4) is 0 Å². The van der Waals surface area contributed by atoms with Crippen molar-refractivity contribution in [3.05, 3.63) is 12.2 Å². The highest BCUT2D eigenvalue weighted by atomic mass is 16.5. The summed E-state index contributed by atoms with van der Waals surface area (Å²) in [5, 5.41) is 3.27. The summed E-state index contributed by atoms with van der Waals surface area (Å²) in [6.07, 6.45) is 0.323. The van der Waals surface area contributed by atoms with E-state index in [0.29, 0.717) is 6.10 Å². The lowest BCUT2D eigenvalue weighted by Gasteiger charge is -2.19. The minimum Gasteiger partial charge on any atom is -0.377 e. The summed E-state index contributed by atoms with van der Waals surface area (Å²) in [6, 6.07) is 0. The van der Waals surface area contributed by atoms with Gasteiger partial charge in [0.2, 0.25) is 0 Å². The van der Waals surface area contributed by atoms with E-state index in [1.54, 1.807) is 0 Å². The van der Waals surface area contributed by atoms with Crippen LogP contribution in [-0.4, -0.2) is 50.8 Å². The predicted octanol–water partition coefficient (Wildman–Crippen LogP) is 1.51. The van der Waals surface area contributed by atoms with Crippen LogP contribution >= 0.6 is 0 Å². The highest BCUT2D eigenvalue weighted by molar-refractivity contribution is 4.99. The molecule has 0 aromatic rings. The van der Waals surface area contributed by atoms with Gasteiger partial charge in [0.25, 0.3) is 0 Å². The molecule has 0 radical (unpaired) electrons. The zero-order valence-electron chi connectivity index (χ0n) is 10.7. The Morgan fingerprint density at radius 2 is 2.13 bits per heavy atom. The fourth-order valence-electron chi connectivity index (χ4n) is 1.26. The molecule has 0 amide bonds. The van der Waals surface area contributed by atoms with Gasteiger partial charge in [0.05, 0.1) is 12.7 Å². The first-order chi connectivity index (χ1) is 7.06. The molecule has 0 fully saturated rings. The molecule has 0 aliphatic heterocycles. The average molecular weight is 214 g/mol. The number of nitrogens with one attached hydrogen (secondary N) is 1. The summed E-state index contributed by atoms with van der Waals surface area (Å²) in [5.74, 6) is 0. The van der Waals surface area contributed by atoms with Crippen LogP contribution in [0.3, 0.4) is 0 Å². The molecule has 0 bridgehead atoms. The van der Waals surface area contributed by atoms with Gasteiger partial charge in [-0.2, -0.15) is 0 Å². The molecular formula is C12H26N2O. The summed E-state index contributed by atoms with van der Waals surface area (Å²) in [6.45, 7) is 14.9. The van der Waals surface area contributed by atoms with Crippen molar-refractivity contribution >= 4 is 0 Å². The Balaban J connectivity index is 3.46. The quantitative estimate of drug-likeness (QED) is 0.589. The Morgan fingerprint density at radius 3 is 2.67 bits per heavy atom. The molecular weight excluding hydrogens is 188 g/mol. The van der Waals surface area contributed by atoms with Gasteiger partial charge in [-0.3, -0.25) is 0 Å². The Hall–Kier alpha value is -0.380. The summed E-state index contributed by atoms with van der Waals surface area (Å²) < 4.78 is 5.49. The molecule has 90 valence electrons. The lowest BCUT2D eigenvalue weighted by Crippen LogP contribution is -2.29. The van der Waals surface area contributed by atoms with Gasteiger partial charge >= 0.3 is 0 Å². The number of likely N-dealkylation sites (N-methyl/N-ethyl adjacent to an activating group) is 2. The molecule has 0 aromatic carbocycles. The van der Waals surface area contributed by atoms with Crippen LogP contribution in [0, 0.1) is 0 Å². The van der Waals surface area contributed by atoms with E-state index in [-0.39, 0.29) is 0 Å². The molecule has 0 saturated carbocycles. The van der Waals surface area contributed by atoms with Gasteiger partial charge in [-0.05, 0) is 33.0 Å². The van der Waals surface area contributed by atoms with Crippen molar-refractivity contribution < 1.29 is 4.74 Å². The predicted molar refractivity (Wildman–Crippen MR) is 66.3 cm³/mol. The minimum absolute atomic E-state index is 0.323. The normalized spacial score (nSPS) is 11.3. The monoisotopic (exact) mass is 214 g/mol. The van der Waals surface area contributed by atoms with Gasteiger partial charge in [-0.25, -0.2) is 0 Å². The van der Waals surface area contributed by atoms with E-state index in [2.05, 4.69) is 44.6 Å². The van der Waals surface area contributed by atoms with Gasteiger partial charge in [0.1, 0.15) is 0 Å². The molecule has 0 aromatic heterocycles. The molecule has 0 spiro atoms. The Labute approximate surface area is 94.5 Å². The standard InChI is InChI=1S/C12H26N2O/c1-6-13-9-12(4)10-14(5)7-8-15-11(2)3/h11,13H,4,6-10H2,1-3,5H3. The molecule has 1 N–H and O–H groups in total. The maximum Gasteiger partial charge on any atom is 0.0596 e. The second kappa shape index (κ2) is 8.89. The lowest BCUT2D eigenvalue weighted by atomic mass is 10.3. The topological polar surface area (TPSA) is 24.5 Å². The number of hydrogen-bond acceptors (Lipinski definition) is 3. The van der Waals surface area contributed by atoms with Crippen molar-refractivity contribution in [3.63, 3.8) is 0 Å². The number of hydrogen-bond donors (Lipinski definition) is 1. The minimum atomic E-state index is 0.323. The van der Waals surface area contributed by atoms with Gasteiger partial charge < -0.3 is 15.0 Å². The van der Waals surface area contributed by atoms with E-state index in [1.165, 1.54) is 5.57 Å². The van der Waals surface area contributed by atoms with Crippen molar-refractivity contribution in [1.82, 2.24) is 10.2 Å². The highest BCUT2D eigenvalue weighted by Gasteiger charge is 2.01. The van der Waals surface area contributed by atoms with Crippen LogP contribution in [0.25, 0.3) is 0 Å². The second-order valence-corrected chi connectivity index (χ2v) is 4.19. The first kappa shape index (κ1) is 14.6. The average Bonchev–Trinajstić information content (AvgIpc) is 2.14. The van der Waals surface area contributed by atoms with E-state index < -0.39 is 0 Å². The number of nitrogens with zero attached hydrogens (tertiary/aromatic N) is 1. The Bertz CT molecular complexity index is 169.